The maximum Gasteiger partial charge on any atom is 0.332 e. The Labute approximate surface area is 62.7 Å². The molecule has 0 saturated carbocycles. The van der Waals surface area contributed by atoms with Crippen LogP contribution in [0.25, 0.3) is 0 Å². The van der Waals surface area contributed by atoms with Gasteiger partial charge in [0.25, 0.3) is 0 Å². The van der Waals surface area contributed by atoms with Crippen molar-refractivity contribution in [3.63, 3.8) is 0 Å². The SMILES string of the molecule is CC(CCF)(N=C=O)C(=O)O. The Morgan fingerprint density at radius 1 is 1.82 bits per heavy atom. The van der Waals surface area contributed by atoms with Crippen molar-refractivity contribution in [2.24, 2.45) is 4.99 Å². The molecule has 1 unspecified atom stereocenters. The summed E-state index contributed by atoms with van der Waals surface area (Å²) in [5, 5.41) is 8.46. The number of isocyanates is 1. The molecule has 11 heavy (non-hydrogen) atoms. The molecule has 0 aromatic carbocycles. The van der Waals surface area contributed by atoms with Gasteiger partial charge in [0.15, 0.2) is 5.54 Å². The number of hydrogen-bond donors (Lipinski definition) is 1. The Balaban J connectivity index is 4.51. The number of alkyl halides is 1. The molecule has 4 nitrogen and oxygen atoms in total. The second kappa shape index (κ2) is 3.83. The number of nitrogens with zero attached hydrogens (tertiary/aromatic N) is 1. The van der Waals surface area contributed by atoms with E-state index < -0.39 is 18.2 Å². The molecule has 0 aromatic rings. The minimum absolute atomic E-state index is 0.308. The molecule has 5 heteroatoms. The van der Waals surface area contributed by atoms with E-state index in [4.69, 9.17) is 5.11 Å². The summed E-state index contributed by atoms with van der Waals surface area (Å²) < 4.78 is 11.7. The van der Waals surface area contributed by atoms with Crippen molar-refractivity contribution in [1.82, 2.24) is 0 Å². The van der Waals surface area contributed by atoms with Gasteiger partial charge in [-0.05, 0) is 6.92 Å². The second-order valence-electron chi connectivity index (χ2n) is 2.22. The molecular formula is C6H8FNO3. The highest BCUT2D eigenvalue weighted by molar-refractivity contribution is 5.79. The van der Waals surface area contributed by atoms with Crippen LogP contribution in [-0.2, 0) is 9.59 Å². The topological polar surface area (TPSA) is 66.7 Å². The van der Waals surface area contributed by atoms with Crippen LogP contribution in [0, 0.1) is 0 Å². The number of rotatable bonds is 4. The first-order chi connectivity index (χ1) is 5.06. The zero-order valence-electron chi connectivity index (χ0n) is 6.00. The lowest BCUT2D eigenvalue weighted by molar-refractivity contribution is -0.142. The summed E-state index contributed by atoms with van der Waals surface area (Å²) in [6.07, 6.45) is 0.794. The summed E-state index contributed by atoms with van der Waals surface area (Å²) >= 11 is 0. The fourth-order valence-corrected chi connectivity index (χ4v) is 0.495. The normalized spacial score (nSPS) is 14.7. The predicted molar refractivity (Wildman–Crippen MR) is 34.8 cm³/mol. The van der Waals surface area contributed by atoms with Crippen molar-refractivity contribution < 1.29 is 19.1 Å². The lowest BCUT2D eigenvalue weighted by Crippen LogP contribution is -2.33. The van der Waals surface area contributed by atoms with E-state index in [1.54, 1.807) is 0 Å². The lowest BCUT2D eigenvalue weighted by Gasteiger charge is -2.14. The number of hydrogen-bond acceptors (Lipinski definition) is 3. The number of carbonyl (C=O) groups is 1. The molecule has 0 bridgehead atoms. The fourth-order valence-electron chi connectivity index (χ4n) is 0.495. The average Bonchev–Trinajstić information content (AvgIpc) is 1.88. The third-order valence-electron chi connectivity index (χ3n) is 1.33. The second-order valence-corrected chi connectivity index (χ2v) is 2.22. The van der Waals surface area contributed by atoms with Crippen LogP contribution in [0.2, 0.25) is 0 Å². The summed E-state index contributed by atoms with van der Waals surface area (Å²) in [4.78, 5) is 23.1. The van der Waals surface area contributed by atoms with Crippen LogP contribution in [0.4, 0.5) is 4.39 Å². The predicted octanol–water partition coefficient (Wildman–Crippen LogP) is 0.525. The van der Waals surface area contributed by atoms with Crippen molar-refractivity contribution in [2.45, 2.75) is 18.9 Å². The molecule has 0 rings (SSSR count). The van der Waals surface area contributed by atoms with Gasteiger partial charge in [-0.15, -0.1) is 0 Å². The van der Waals surface area contributed by atoms with Crippen LogP contribution < -0.4 is 0 Å². The van der Waals surface area contributed by atoms with E-state index in [0.29, 0.717) is 0 Å². The van der Waals surface area contributed by atoms with Gasteiger partial charge in [-0.3, -0.25) is 4.39 Å². The maximum absolute atomic E-state index is 11.7. The lowest BCUT2D eigenvalue weighted by atomic mass is 10.0. The number of aliphatic imine (C=N–C) groups is 1. The van der Waals surface area contributed by atoms with Gasteiger partial charge in [0.05, 0.1) is 6.67 Å². The Bertz CT molecular complexity index is 196. The van der Waals surface area contributed by atoms with Gasteiger partial charge >= 0.3 is 5.97 Å². The summed E-state index contributed by atoms with van der Waals surface area (Å²) in [6.45, 7) is 0.341. The highest BCUT2D eigenvalue weighted by atomic mass is 19.1. The smallest absolute Gasteiger partial charge is 0.332 e. The molecular weight excluding hydrogens is 153 g/mol. The number of carboxylic acids is 1. The van der Waals surface area contributed by atoms with Gasteiger partial charge in [-0.2, -0.15) is 4.99 Å². The van der Waals surface area contributed by atoms with E-state index in [0.717, 1.165) is 6.08 Å². The van der Waals surface area contributed by atoms with Gasteiger partial charge in [0, 0.05) is 6.42 Å². The van der Waals surface area contributed by atoms with Crippen molar-refractivity contribution in [1.29, 1.82) is 0 Å². The molecule has 0 radical (unpaired) electrons. The van der Waals surface area contributed by atoms with Crippen molar-refractivity contribution in [3.05, 3.63) is 0 Å². The van der Waals surface area contributed by atoms with E-state index in [1.807, 2.05) is 0 Å². The Morgan fingerprint density at radius 3 is 2.64 bits per heavy atom. The molecule has 0 aromatic heterocycles. The number of carboxylic acid groups (broad SMARTS) is 1. The zero-order chi connectivity index (χ0) is 8.91. The van der Waals surface area contributed by atoms with E-state index >= 15 is 0 Å². The van der Waals surface area contributed by atoms with Crippen LogP contribution in [0.5, 0.6) is 0 Å². The third-order valence-corrected chi connectivity index (χ3v) is 1.33. The quantitative estimate of drug-likeness (QED) is 0.483. The molecule has 0 aliphatic carbocycles. The fraction of sp³-hybridized carbons (Fsp3) is 0.667. The van der Waals surface area contributed by atoms with Gasteiger partial charge in [0.1, 0.15) is 0 Å². The monoisotopic (exact) mass is 161 g/mol. The van der Waals surface area contributed by atoms with Gasteiger partial charge in [-0.25, -0.2) is 9.59 Å². The number of aliphatic carboxylic acids is 1. The van der Waals surface area contributed by atoms with Gasteiger partial charge < -0.3 is 5.11 Å². The van der Waals surface area contributed by atoms with Crippen LogP contribution in [0.3, 0.4) is 0 Å². The van der Waals surface area contributed by atoms with Gasteiger partial charge in [0.2, 0.25) is 6.08 Å². The molecule has 0 spiro atoms. The summed E-state index contributed by atoms with van der Waals surface area (Å²) in [5.74, 6) is -1.32. The molecule has 0 aliphatic heterocycles. The van der Waals surface area contributed by atoms with Gasteiger partial charge in [-0.1, -0.05) is 0 Å². The molecule has 0 amide bonds. The largest absolute Gasteiger partial charge is 0.479 e. The molecule has 0 fully saturated rings. The van der Waals surface area contributed by atoms with E-state index in [-0.39, 0.29) is 6.42 Å². The number of carbonyl (C=O) groups excluding carboxylic acids is 1. The minimum Gasteiger partial charge on any atom is -0.479 e. The standard InChI is InChI=1S/C6H8FNO3/c1-6(2-3-7,5(10)11)8-4-9/h2-3H2,1H3,(H,10,11). The molecule has 1 N–H and O–H groups in total. The van der Waals surface area contributed by atoms with Crippen LogP contribution >= 0.6 is 0 Å². The highest BCUT2D eigenvalue weighted by Crippen LogP contribution is 2.14. The van der Waals surface area contributed by atoms with Crippen LogP contribution in [-0.4, -0.2) is 29.4 Å². The minimum atomic E-state index is -1.66. The summed E-state index contributed by atoms with van der Waals surface area (Å²) in [5.41, 5.74) is -1.66. The Hall–Kier alpha value is -1.22. The number of halogens is 1. The van der Waals surface area contributed by atoms with Crippen LogP contribution in [0.15, 0.2) is 4.99 Å². The van der Waals surface area contributed by atoms with Crippen molar-refractivity contribution >= 4 is 12.0 Å². The summed E-state index contributed by atoms with van der Waals surface area (Å²) in [6, 6.07) is 0. The first kappa shape index (κ1) is 9.78. The molecule has 0 heterocycles. The molecule has 62 valence electrons. The van der Waals surface area contributed by atoms with E-state index in [2.05, 4.69) is 4.99 Å². The Morgan fingerprint density at radius 2 is 2.36 bits per heavy atom. The van der Waals surface area contributed by atoms with Crippen molar-refractivity contribution in [2.75, 3.05) is 6.67 Å². The van der Waals surface area contributed by atoms with E-state index in [9.17, 15) is 14.0 Å². The summed E-state index contributed by atoms with van der Waals surface area (Å²) in [7, 11) is 0. The zero-order valence-corrected chi connectivity index (χ0v) is 6.00. The van der Waals surface area contributed by atoms with Crippen molar-refractivity contribution in [3.8, 4) is 0 Å². The molecule has 0 saturated heterocycles. The first-order valence-corrected chi connectivity index (χ1v) is 2.95. The third kappa shape index (κ3) is 2.47. The average molecular weight is 161 g/mol. The van der Waals surface area contributed by atoms with Crippen LogP contribution in [0.1, 0.15) is 13.3 Å². The first-order valence-electron chi connectivity index (χ1n) is 2.95. The highest BCUT2D eigenvalue weighted by Gasteiger charge is 2.32. The Kier molecular flexibility index (Phi) is 3.40. The van der Waals surface area contributed by atoms with E-state index in [1.165, 1.54) is 6.92 Å². The molecule has 1 atom stereocenters. The molecule has 0 aliphatic rings. The maximum atomic E-state index is 11.7.